The number of nitro groups is 1. The zero-order valence-corrected chi connectivity index (χ0v) is 19.1. The largest absolute Gasteiger partial charge is 0.496 e. The van der Waals surface area contributed by atoms with Gasteiger partial charge in [0.1, 0.15) is 11.3 Å². The summed E-state index contributed by atoms with van der Waals surface area (Å²) < 4.78 is 11.3. The predicted octanol–water partition coefficient (Wildman–Crippen LogP) is 7.37. The van der Waals surface area contributed by atoms with E-state index in [1.807, 2.05) is 48.5 Å². The van der Waals surface area contributed by atoms with Crippen LogP contribution in [0.4, 0.5) is 5.69 Å². The molecule has 5 rings (SSSR count). The summed E-state index contributed by atoms with van der Waals surface area (Å²) in [5, 5.41) is 11.2. The Kier molecular flexibility index (Phi) is 6.01. The van der Waals surface area contributed by atoms with Crippen LogP contribution in [0, 0.1) is 10.1 Å². The molecule has 0 fully saturated rings. The number of ether oxygens (including phenoxy) is 1. The fourth-order valence-electron chi connectivity index (χ4n) is 3.75. The van der Waals surface area contributed by atoms with Crippen LogP contribution in [-0.4, -0.2) is 17.0 Å². The van der Waals surface area contributed by atoms with Crippen LogP contribution in [0.15, 0.2) is 100 Å². The van der Waals surface area contributed by atoms with Gasteiger partial charge in [0.15, 0.2) is 5.58 Å². The summed E-state index contributed by atoms with van der Waals surface area (Å²) in [5.41, 5.74) is 5.06. The highest BCUT2D eigenvalue weighted by Gasteiger charge is 2.18. The van der Waals surface area contributed by atoms with Crippen molar-refractivity contribution in [3.8, 4) is 28.3 Å². The van der Waals surface area contributed by atoms with Crippen molar-refractivity contribution < 1.29 is 14.1 Å². The zero-order chi connectivity index (χ0) is 23.5. The highest BCUT2D eigenvalue weighted by Crippen LogP contribution is 2.37. The molecule has 1 aromatic heterocycles. The maximum atomic E-state index is 11.2. The number of rotatable bonds is 7. The monoisotopic (exact) mass is 468 g/mol. The number of aromatic nitrogens is 1. The second kappa shape index (κ2) is 9.41. The van der Waals surface area contributed by atoms with Crippen LogP contribution in [0.2, 0.25) is 0 Å². The molecule has 6 nitrogen and oxygen atoms in total. The first-order chi connectivity index (χ1) is 16.6. The van der Waals surface area contributed by atoms with Crippen LogP contribution in [-0.2, 0) is 5.75 Å². The summed E-state index contributed by atoms with van der Waals surface area (Å²) in [5.74, 6) is 1.61. The van der Waals surface area contributed by atoms with E-state index in [-0.39, 0.29) is 11.6 Å². The van der Waals surface area contributed by atoms with Crippen molar-refractivity contribution in [2.24, 2.45) is 0 Å². The smallest absolute Gasteiger partial charge is 0.270 e. The van der Waals surface area contributed by atoms with Crippen LogP contribution in [0.3, 0.4) is 0 Å². The maximum Gasteiger partial charge on any atom is 0.270 e. The van der Waals surface area contributed by atoms with Gasteiger partial charge in [-0.3, -0.25) is 10.1 Å². The van der Waals surface area contributed by atoms with Crippen LogP contribution < -0.4 is 4.74 Å². The maximum absolute atomic E-state index is 11.2. The third kappa shape index (κ3) is 4.38. The van der Waals surface area contributed by atoms with Crippen molar-refractivity contribution >= 4 is 28.5 Å². The van der Waals surface area contributed by atoms with E-state index in [9.17, 15) is 10.1 Å². The van der Waals surface area contributed by atoms with E-state index in [0.717, 1.165) is 16.9 Å². The average Bonchev–Trinajstić information content (AvgIpc) is 3.31. The highest BCUT2D eigenvalue weighted by atomic mass is 32.2. The number of hydrogen-bond acceptors (Lipinski definition) is 6. The Bertz CT molecular complexity index is 1480. The Morgan fingerprint density at radius 2 is 1.74 bits per heavy atom. The van der Waals surface area contributed by atoms with Crippen molar-refractivity contribution in [2.75, 3.05) is 7.11 Å². The molecule has 0 radical (unpaired) electrons. The summed E-state index contributed by atoms with van der Waals surface area (Å²) in [7, 11) is 1.51. The van der Waals surface area contributed by atoms with Gasteiger partial charge >= 0.3 is 0 Å². The number of methoxy groups -OCH3 is 1. The number of benzene rings is 4. The molecular weight excluding hydrogens is 448 g/mol. The molecule has 0 bridgehead atoms. The molecule has 0 saturated carbocycles. The molecule has 0 aliphatic carbocycles. The minimum atomic E-state index is -0.451. The summed E-state index contributed by atoms with van der Waals surface area (Å²) in [6.07, 6.45) is 0. The summed E-state index contributed by atoms with van der Waals surface area (Å²) in [6, 6.07) is 28.9. The number of oxazole rings is 1. The highest BCUT2D eigenvalue weighted by molar-refractivity contribution is 7.98. The van der Waals surface area contributed by atoms with E-state index in [1.54, 1.807) is 17.8 Å². The van der Waals surface area contributed by atoms with Crippen molar-refractivity contribution in [2.45, 2.75) is 10.6 Å². The molecule has 1 heterocycles. The molecule has 7 heteroatoms. The number of fused-ring (bicyclic) bond motifs is 1. The second-order valence-corrected chi connectivity index (χ2v) is 8.63. The molecule has 0 atom stereocenters. The van der Waals surface area contributed by atoms with Gasteiger partial charge in [-0.05, 0) is 41.0 Å². The lowest BCUT2D eigenvalue weighted by Crippen LogP contribution is -1.92. The molecule has 0 amide bonds. The summed E-state index contributed by atoms with van der Waals surface area (Å²) in [6.45, 7) is 0. The fraction of sp³-hybridized carbons (Fsp3) is 0.0741. The molecule has 0 unspecified atom stereocenters. The van der Waals surface area contributed by atoms with Crippen LogP contribution in [0.1, 0.15) is 5.56 Å². The molecule has 0 N–H and O–H groups in total. The number of nitrogens with zero attached hydrogens (tertiary/aromatic N) is 2. The normalized spacial score (nSPS) is 11.0. The Labute approximate surface area is 200 Å². The Balaban J connectivity index is 1.50. The van der Waals surface area contributed by atoms with E-state index in [1.165, 1.54) is 29.7 Å². The van der Waals surface area contributed by atoms with Gasteiger partial charge in [0.05, 0.1) is 17.6 Å². The molecule has 168 valence electrons. The number of thioether (sulfide) groups is 1. The van der Waals surface area contributed by atoms with E-state index in [2.05, 4.69) is 29.2 Å². The topological polar surface area (TPSA) is 78.4 Å². The Morgan fingerprint density at radius 1 is 0.941 bits per heavy atom. The zero-order valence-electron chi connectivity index (χ0n) is 18.3. The standard InChI is InChI=1S/C27H20N2O4S/c1-32-24-14-12-20(29(30)31)16-22(24)27-28-23-15-19(11-13-25(23)33-27)21-9-5-6-10-26(21)34-17-18-7-3-2-4-8-18/h2-16H,17H2,1H3. The quantitative estimate of drug-likeness (QED) is 0.141. The third-order valence-electron chi connectivity index (χ3n) is 5.45. The van der Waals surface area contributed by atoms with Crippen molar-refractivity contribution in [1.29, 1.82) is 0 Å². The molecule has 0 saturated heterocycles. The van der Waals surface area contributed by atoms with Crippen molar-refractivity contribution in [3.05, 3.63) is 107 Å². The molecule has 4 aromatic carbocycles. The lowest BCUT2D eigenvalue weighted by Gasteiger charge is -2.09. The van der Waals surface area contributed by atoms with Gasteiger partial charge in [-0.1, -0.05) is 54.6 Å². The lowest BCUT2D eigenvalue weighted by molar-refractivity contribution is -0.384. The van der Waals surface area contributed by atoms with E-state index in [0.29, 0.717) is 22.4 Å². The SMILES string of the molecule is COc1ccc([N+](=O)[O-])cc1-c1nc2cc(-c3ccccc3SCc3ccccc3)ccc2o1. The lowest BCUT2D eigenvalue weighted by atomic mass is 10.1. The number of hydrogen-bond donors (Lipinski definition) is 0. The summed E-state index contributed by atoms with van der Waals surface area (Å²) in [4.78, 5) is 16.6. The van der Waals surface area contributed by atoms with Crippen molar-refractivity contribution in [3.63, 3.8) is 0 Å². The second-order valence-electron chi connectivity index (χ2n) is 7.61. The Hall–Kier alpha value is -4.10. The molecular formula is C27H20N2O4S. The minimum Gasteiger partial charge on any atom is -0.496 e. The first kappa shape index (κ1) is 21.7. The van der Waals surface area contributed by atoms with E-state index in [4.69, 9.17) is 9.15 Å². The fourth-order valence-corrected chi connectivity index (χ4v) is 4.78. The molecule has 5 aromatic rings. The molecule has 0 spiro atoms. The van der Waals surface area contributed by atoms with Gasteiger partial charge in [-0.15, -0.1) is 11.8 Å². The molecule has 0 aliphatic rings. The predicted molar refractivity (Wildman–Crippen MR) is 134 cm³/mol. The average molecular weight is 469 g/mol. The van der Waals surface area contributed by atoms with Crippen LogP contribution in [0.25, 0.3) is 33.7 Å². The molecule has 34 heavy (non-hydrogen) atoms. The van der Waals surface area contributed by atoms with Gasteiger partial charge in [0, 0.05) is 22.8 Å². The van der Waals surface area contributed by atoms with E-state index < -0.39 is 4.92 Å². The first-order valence-electron chi connectivity index (χ1n) is 10.6. The Morgan fingerprint density at radius 3 is 2.53 bits per heavy atom. The van der Waals surface area contributed by atoms with E-state index >= 15 is 0 Å². The van der Waals surface area contributed by atoms with Crippen LogP contribution >= 0.6 is 11.8 Å². The number of non-ortho nitro benzene ring substituents is 1. The number of nitro benzene ring substituents is 1. The van der Waals surface area contributed by atoms with Gasteiger partial charge in [0.25, 0.3) is 5.69 Å². The molecule has 0 aliphatic heterocycles. The van der Waals surface area contributed by atoms with Crippen molar-refractivity contribution in [1.82, 2.24) is 4.98 Å². The third-order valence-corrected chi connectivity index (χ3v) is 6.59. The van der Waals surface area contributed by atoms with Gasteiger partial charge in [0.2, 0.25) is 5.89 Å². The van der Waals surface area contributed by atoms with Gasteiger partial charge < -0.3 is 9.15 Å². The summed E-state index contributed by atoms with van der Waals surface area (Å²) >= 11 is 1.79. The van der Waals surface area contributed by atoms with Gasteiger partial charge in [-0.25, -0.2) is 4.98 Å². The first-order valence-corrected chi connectivity index (χ1v) is 11.6. The minimum absolute atomic E-state index is 0.0527. The van der Waals surface area contributed by atoms with Crippen LogP contribution in [0.5, 0.6) is 5.75 Å². The van der Waals surface area contributed by atoms with Gasteiger partial charge in [-0.2, -0.15) is 0 Å².